The molecule has 0 atom stereocenters. The van der Waals surface area contributed by atoms with Gasteiger partial charge in [0.25, 0.3) is 0 Å². The van der Waals surface area contributed by atoms with Gasteiger partial charge < -0.3 is 5.11 Å². The van der Waals surface area contributed by atoms with Gasteiger partial charge in [-0.05, 0) is 0 Å². The third-order valence-corrected chi connectivity index (χ3v) is 0.702. The van der Waals surface area contributed by atoms with E-state index in [0.29, 0.717) is 4.99 Å². The molecule has 0 bridgehead atoms. The second-order valence-corrected chi connectivity index (χ2v) is 1.22. The third-order valence-electron chi connectivity index (χ3n) is 0.300. The van der Waals surface area contributed by atoms with Crippen LogP contribution in [0.4, 0.5) is 4.39 Å². The quantitative estimate of drug-likeness (QED) is 0.600. The first-order valence-electron chi connectivity index (χ1n) is 1.37. The number of hydrogen-bond acceptors (Lipinski definition) is 1. The van der Waals surface area contributed by atoms with Crippen molar-refractivity contribution in [2.24, 2.45) is 0 Å². The summed E-state index contributed by atoms with van der Waals surface area (Å²) in [5.74, 6) is -2.75. The second-order valence-electron chi connectivity index (χ2n) is 0.762. The largest absolute Gasteiger partial charge is 0.476 e. The lowest BCUT2D eigenvalue weighted by atomic mass is 10.6. The highest BCUT2D eigenvalue weighted by Gasteiger charge is 2.00. The van der Waals surface area contributed by atoms with Gasteiger partial charge in [-0.3, -0.25) is 0 Å². The fraction of sp³-hybridized carbons (Fsp3) is 0. The lowest BCUT2D eigenvalue weighted by Crippen LogP contribution is -1.92. The zero-order chi connectivity index (χ0) is 5.86. The molecule has 0 aliphatic rings. The van der Waals surface area contributed by atoms with Crippen molar-refractivity contribution in [3.8, 4) is 0 Å². The highest BCUT2D eigenvalue weighted by Crippen LogP contribution is 1.98. The van der Waals surface area contributed by atoms with E-state index < -0.39 is 11.8 Å². The Morgan fingerprint density at radius 1 is 1.86 bits per heavy atom. The van der Waals surface area contributed by atoms with E-state index in [4.69, 9.17) is 5.11 Å². The summed E-state index contributed by atoms with van der Waals surface area (Å²) < 4.78 is 11.5. The van der Waals surface area contributed by atoms with Gasteiger partial charge in [-0.25, -0.2) is 4.79 Å². The Morgan fingerprint density at radius 3 is 2.29 bits per heavy atom. The van der Waals surface area contributed by atoms with E-state index in [1.165, 1.54) is 0 Å². The van der Waals surface area contributed by atoms with Crippen molar-refractivity contribution in [3.63, 3.8) is 0 Å². The summed E-state index contributed by atoms with van der Waals surface area (Å²) >= 11 is 2.50. The van der Waals surface area contributed by atoms with Crippen molar-refractivity contribution in [2.75, 3.05) is 0 Å². The second kappa shape index (κ2) is 2.74. The maximum Gasteiger partial charge on any atom is 0.365 e. The molecule has 2 nitrogen and oxygen atoms in total. The Morgan fingerprint density at radius 2 is 2.29 bits per heavy atom. The molecule has 0 aromatic heterocycles. The predicted octanol–water partition coefficient (Wildman–Crippen LogP) is 1.28. The molecule has 7 heavy (non-hydrogen) atoms. The summed E-state index contributed by atoms with van der Waals surface area (Å²) in [6.45, 7) is 0. The number of rotatable bonds is 1. The normalized spacial score (nSPS) is 11.4. The van der Waals surface area contributed by atoms with Crippen LogP contribution in [0.1, 0.15) is 0 Å². The first-order valence-corrected chi connectivity index (χ1v) is 2.29. The molecule has 0 unspecified atom stereocenters. The van der Waals surface area contributed by atoms with Crippen LogP contribution in [-0.2, 0) is 4.79 Å². The summed E-state index contributed by atoms with van der Waals surface area (Å²) in [5.41, 5.74) is 0. The van der Waals surface area contributed by atoms with Crippen LogP contribution in [0.3, 0.4) is 0 Å². The molecule has 40 valence electrons. The van der Waals surface area contributed by atoms with E-state index in [-0.39, 0.29) is 0 Å². The molecule has 0 heterocycles. The first kappa shape index (κ1) is 6.62. The minimum atomic E-state index is -1.56. The highest BCUT2D eigenvalue weighted by atomic mass is 79.9. The van der Waals surface area contributed by atoms with E-state index in [1.807, 2.05) is 0 Å². The molecule has 0 aromatic rings. The van der Waals surface area contributed by atoms with Gasteiger partial charge in [-0.15, -0.1) is 0 Å². The maximum absolute atomic E-state index is 11.5. The molecule has 0 aromatic carbocycles. The standard InChI is InChI=1S/C3H2BrFO2/c4-1-2(5)3(6)7/h1H,(H,6,7). The van der Waals surface area contributed by atoms with E-state index in [2.05, 4.69) is 15.9 Å². The van der Waals surface area contributed by atoms with E-state index in [0.717, 1.165) is 0 Å². The number of carbonyl (C=O) groups is 1. The molecule has 4 heteroatoms. The number of carboxylic acid groups (broad SMARTS) is 1. The summed E-state index contributed by atoms with van der Waals surface area (Å²) in [7, 11) is 0. The van der Waals surface area contributed by atoms with Crippen LogP contribution < -0.4 is 0 Å². The molecular formula is C3H2BrFO2. The topological polar surface area (TPSA) is 37.3 Å². The van der Waals surface area contributed by atoms with Gasteiger partial charge in [0, 0.05) is 4.99 Å². The molecule has 1 N–H and O–H groups in total. The molecule has 0 radical (unpaired) electrons. The van der Waals surface area contributed by atoms with Crippen molar-refractivity contribution in [1.29, 1.82) is 0 Å². The van der Waals surface area contributed by atoms with E-state index in [9.17, 15) is 9.18 Å². The van der Waals surface area contributed by atoms with E-state index >= 15 is 0 Å². The lowest BCUT2D eigenvalue weighted by molar-refractivity contribution is -0.134. The number of aliphatic carboxylic acids is 1. The van der Waals surface area contributed by atoms with Gasteiger partial charge in [0.05, 0.1) is 0 Å². The number of carboxylic acids is 1. The molecule has 0 saturated heterocycles. The Labute approximate surface area is 47.8 Å². The van der Waals surface area contributed by atoms with Crippen molar-refractivity contribution >= 4 is 21.9 Å². The van der Waals surface area contributed by atoms with Crippen LogP contribution in [0.15, 0.2) is 10.8 Å². The van der Waals surface area contributed by atoms with Crippen molar-refractivity contribution in [2.45, 2.75) is 0 Å². The Bertz CT molecular complexity index is 110. The Hall–Kier alpha value is -0.380. The average molecular weight is 169 g/mol. The third kappa shape index (κ3) is 2.33. The number of hydrogen-bond donors (Lipinski definition) is 1. The molecule has 0 fully saturated rings. The zero-order valence-corrected chi connectivity index (χ0v) is 4.77. The molecule has 0 aliphatic heterocycles. The fourth-order valence-electron chi connectivity index (χ4n) is 0.0467. The molecule has 0 saturated carbocycles. The van der Waals surface area contributed by atoms with Gasteiger partial charge in [0.1, 0.15) is 0 Å². The molecule has 0 spiro atoms. The van der Waals surface area contributed by atoms with Gasteiger partial charge in [-0.2, -0.15) is 4.39 Å². The van der Waals surface area contributed by atoms with Crippen molar-refractivity contribution in [3.05, 3.63) is 10.8 Å². The summed E-state index contributed by atoms with van der Waals surface area (Å²) in [5, 5.41) is 7.71. The highest BCUT2D eigenvalue weighted by molar-refractivity contribution is 9.11. The maximum atomic E-state index is 11.5. The molecule has 0 amide bonds. The predicted molar refractivity (Wildman–Crippen MR) is 25.8 cm³/mol. The molecular weight excluding hydrogens is 167 g/mol. The van der Waals surface area contributed by atoms with Gasteiger partial charge >= 0.3 is 5.97 Å². The molecule has 0 rings (SSSR count). The van der Waals surface area contributed by atoms with Crippen LogP contribution >= 0.6 is 15.9 Å². The summed E-state index contributed by atoms with van der Waals surface area (Å²) in [6.07, 6.45) is 0. The average Bonchev–Trinajstić information content (AvgIpc) is 1.65. The van der Waals surface area contributed by atoms with Crippen LogP contribution in [-0.4, -0.2) is 11.1 Å². The smallest absolute Gasteiger partial charge is 0.365 e. The van der Waals surface area contributed by atoms with Crippen molar-refractivity contribution < 1.29 is 14.3 Å². The first-order chi connectivity index (χ1) is 3.18. The van der Waals surface area contributed by atoms with Crippen molar-refractivity contribution in [1.82, 2.24) is 0 Å². The summed E-state index contributed by atoms with van der Waals surface area (Å²) in [4.78, 5) is 10.2. The minimum absolute atomic E-state index is 0.704. The lowest BCUT2D eigenvalue weighted by Gasteiger charge is -1.78. The monoisotopic (exact) mass is 168 g/mol. The van der Waals surface area contributed by atoms with E-state index in [1.54, 1.807) is 0 Å². The van der Waals surface area contributed by atoms with Gasteiger partial charge in [0.15, 0.2) is 0 Å². The van der Waals surface area contributed by atoms with Crippen LogP contribution in [0.5, 0.6) is 0 Å². The number of halogens is 2. The molecule has 0 aliphatic carbocycles. The fourth-order valence-corrected chi connectivity index (χ4v) is 0.243. The van der Waals surface area contributed by atoms with Crippen LogP contribution in [0.25, 0.3) is 0 Å². The zero-order valence-electron chi connectivity index (χ0n) is 3.19. The van der Waals surface area contributed by atoms with Gasteiger partial charge in [-0.1, -0.05) is 15.9 Å². The van der Waals surface area contributed by atoms with Crippen LogP contribution in [0.2, 0.25) is 0 Å². The Balaban J connectivity index is 3.82. The van der Waals surface area contributed by atoms with Gasteiger partial charge in [0.2, 0.25) is 5.83 Å². The SMILES string of the molecule is O=C(O)C(F)=CBr. The summed E-state index contributed by atoms with van der Waals surface area (Å²) in [6, 6.07) is 0. The Kier molecular flexibility index (Phi) is 2.59. The minimum Gasteiger partial charge on any atom is -0.476 e. The van der Waals surface area contributed by atoms with Crippen LogP contribution in [0, 0.1) is 0 Å².